The molecule has 3 rings (SSSR count). The zero-order chi connectivity index (χ0) is 12.4. The van der Waals surface area contributed by atoms with Crippen molar-refractivity contribution < 1.29 is 9.53 Å². The summed E-state index contributed by atoms with van der Waals surface area (Å²) in [7, 11) is 0. The number of isocyanates is 1. The highest BCUT2D eigenvalue weighted by Gasteiger charge is 2.38. The second-order valence-corrected chi connectivity index (χ2v) is 5.96. The van der Waals surface area contributed by atoms with Gasteiger partial charge in [-0.05, 0) is 37.0 Å². The van der Waals surface area contributed by atoms with Crippen LogP contribution in [0.3, 0.4) is 0 Å². The number of nitrogens with zero attached hydrogens (tertiary/aromatic N) is 1. The smallest absolute Gasteiger partial charge is 0.235 e. The highest BCUT2D eigenvalue weighted by atomic mass is 32.2. The van der Waals surface area contributed by atoms with Crippen molar-refractivity contribution in [1.29, 1.82) is 0 Å². The standard InChI is InChI=1S/C14H15NO2S/c16-10-15-14(6-1-7-14)11-2-4-12(5-3-11)17-13-8-18-9-13/h2-5,13H,1,6-9H2. The number of rotatable bonds is 4. The first-order chi connectivity index (χ1) is 8.82. The van der Waals surface area contributed by atoms with E-state index in [1.54, 1.807) is 6.08 Å². The van der Waals surface area contributed by atoms with Crippen LogP contribution < -0.4 is 4.74 Å². The van der Waals surface area contributed by atoms with Crippen molar-refractivity contribution >= 4 is 17.8 Å². The fourth-order valence-electron chi connectivity index (χ4n) is 2.38. The molecule has 1 aromatic rings. The molecule has 0 N–H and O–H groups in total. The van der Waals surface area contributed by atoms with Crippen LogP contribution in [0.15, 0.2) is 29.3 Å². The van der Waals surface area contributed by atoms with Crippen LogP contribution in [-0.4, -0.2) is 23.7 Å². The summed E-state index contributed by atoms with van der Waals surface area (Å²) in [6.07, 6.45) is 5.10. The summed E-state index contributed by atoms with van der Waals surface area (Å²) in [6.45, 7) is 0. The van der Waals surface area contributed by atoms with E-state index in [1.165, 1.54) is 0 Å². The summed E-state index contributed by atoms with van der Waals surface area (Å²) in [4.78, 5) is 14.5. The van der Waals surface area contributed by atoms with Crippen LogP contribution in [0.25, 0.3) is 0 Å². The van der Waals surface area contributed by atoms with Gasteiger partial charge in [0.1, 0.15) is 11.9 Å². The van der Waals surface area contributed by atoms with Crippen molar-refractivity contribution in [2.45, 2.75) is 30.9 Å². The van der Waals surface area contributed by atoms with Crippen molar-refractivity contribution in [3.63, 3.8) is 0 Å². The molecule has 2 fully saturated rings. The lowest BCUT2D eigenvalue weighted by Crippen LogP contribution is -2.32. The van der Waals surface area contributed by atoms with Gasteiger partial charge >= 0.3 is 0 Å². The van der Waals surface area contributed by atoms with Crippen LogP contribution in [0, 0.1) is 0 Å². The maximum absolute atomic E-state index is 10.5. The molecule has 0 atom stereocenters. The SMILES string of the molecule is O=C=NC1(c2ccc(OC3CSC3)cc2)CCC1. The number of thioether (sulfide) groups is 1. The molecular weight excluding hydrogens is 246 g/mol. The van der Waals surface area contributed by atoms with Gasteiger partial charge in [0, 0.05) is 11.5 Å². The molecule has 18 heavy (non-hydrogen) atoms. The van der Waals surface area contributed by atoms with E-state index in [9.17, 15) is 4.79 Å². The molecule has 0 amide bonds. The molecule has 0 unspecified atom stereocenters. The number of aliphatic imine (C=N–C) groups is 1. The molecule has 0 aromatic heterocycles. The first kappa shape index (κ1) is 11.8. The fourth-order valence-corrected chi connectivity index (χ4v) is 2.95. The molecule has 2 aliphatic rings. The highest BCUT2D eigenvalue weighted by molar-refractivity contribution is 8.00. The Kier molecular flexibility index (Phi) is 3.14. The number of ether oxygens (including phenoxy) is 1. The van der Waals surface area contributed by atoms with Gasteiger partial charge in [-0.2, -0.15) is 16.8 Å². The molecule has 1 heterocycles. The van der Waals surface area contributed by atoms with Crippen molar-refractivity contribution in [1.82, 2.24) is 0 Å². The fraction of sp³-hybridized carbons (Fsp3) is 0.500. The van der Waals surface area contributed by atoms with Gasteiger partial charge in [-0.3, -0.25) is 0 Å². The number of hydrogen-bond donors (Lipinski definition) is 0. The maximum atomic E-state index is 10.5. The minimum atomic E-state index is -0.299. The largest absolute Gasteiger partial charge is 0.489 e. The van der Waals surface area contributed by atoms with Crippen LogP contribution in [0.2, 0.25) is 0 Å². The van der Waals surface area contributed by atoms with Gasteiger partial charge in [-0.25, -0.2) is 4.79 Å². The van der Waals surface area contributed by atoms with Crippen LogP contribution in [0.5, 0.6) is 5.75 Å². The van der Waals surface area contributed by atoms with Crippen LogP contribution in [0.4, 0.5) is 0 Å². The molecular formula is C14H15NO2S. The molecule has 0 spiro atoms. The van der Waals surface area contributed by atoms with E-state index < -0.39 is 0 Å². The Labute approximate surface area is 111 Å². The van der Waals surface area contributed by atoms with E-state index in [2.05, 4.69) is 4.99 Å². The van der Waals surface area contributed by atoms with Gasteiger partial charge in [-0.15, -0.1) is 0 Å². The molecule has 1 aromatic carbocycles. The minimum Gasteiger partial charge on any atom is -0.489 e. The summed E-state index contributed by atoms with van der Waals surface area (Å²) >= 11 is 1.91. The molecule has 0 radical (unpaired) electrons. The van der Waals surface area contributed by atoms with Crippen molar-refractivity contribution in [2.75, 3.05) is 11.5 Å². The number of benzene rings is 1. The monoisotopic (exact) mass is 261 g/mol. The zero-order valence-electron chi connectivity index (χ0n) is 10.1. The third-order valence-corrected chi connectivity index (χ3v) is 4.96. The average molecular weight is 261 g/mol. The Morgan fingerprint density at radius 1 is 1.28 bits per heavy atom. The molecule has 4 heteroatoms. The van der Waals surface area contributed by atoms with Crippen LogP contribution >= 0.6 is 11.8 Å². The second-order valence-electron chi connectivity index (χ2n) is 4.89. The number of hydrogen-bond acceptors (Lipinski definition) is 4. The lowest BCUT2D eigenvalue weighted by Gasteiger charge is -2.37. The van der Waals surface area contributed by atoms with E-state index in [0.717, 1.165) is 42.1 Å². The third-order valence-electron chi connectivity index (χ3n) is 3.74. The van der Waals surface area contributed by atoms with Gasteiger partial charge < -0.3 is 4.74 Å². The van der Waals surface area contributed by atoms with Gasteiger partial charge in [0.05, 0.1) is 5.54 Å². The Hall–Kier alpha value is -1.25. The first-order valence-corrected chi connectivity index (χ1v) is 7.42. The van der Waals surface area contributed by atoms with Gasteiger partial charge in [0.2, 0.25) is 6.08 Å². The van der Waals surface area contributed by atoms with Gasteiger partial charge in [0.15, 0.2) is 0 Å². The summed E-state index contributed by atoms with van der Waals surface area (Å²) in [5.41, 5.74) is 0.805. The lowest BCUT2D eigenvalue weighted by atomic mass is 9.72. The van der Waals surface area contributed by atoms with E-state index in [1.807, 2.05) is 36.0 Å². The zero-order valence-corrected chi connectivity index (χ0v) is 10.9. The molecule has 3 nitrogen and oxygen atoms in total. The summed E-state index contributed by atoms with van der Waals surface area (Å²) in [5, 5.41) is 0. The predicted molar refractivity (Wildman–Crippen MR) is 71.8 cm³/mol. The first-order valence-electron chi connectivity index (χ1n) is 6.26. The average Bonchev–Trinajstić information content (AvgIpc) is 2.30. The van der Waals surface area contributed by atoms with Crippen LogP contribution in [-0.2, 0) is 10.3 Å². The second kappa shape index (κ2) is 4.79. The molecule has 1 aliphatic heterocycles. The molecule has 94 valence electrons. The van der Waals surface area contributed by atoms with E-state index in [0.29, 0.717) is 6.10 Å². The van der Waals surface area contributed by atoms with Gasteiger partial charge in [-0.1, -0.05) is 12.1 Å². The summed E-state index contributed by atoms with van der Waals surface area (Å²) in [5.74, 6) is 3.08. The Bertz CT molecular complexity index is 471. The highest BCUT2D eigenvalue weighted by Crippen LogP contribution is 2.45. The minimum absolute atomic E-state index is 0.299. The van der Waals surface area contributed by atoms with Gasteiger partial charge in [0.25, 0.3) is 0 Å². The molecule has 0 bridgehead atoms. The molecule has 1 saturated carbocycles. The van der Waals surface area contributed by atoms with Crippen molar-refractivity contribution in [3.8, 4) is 5.75 Å². The third kappa shape index (κ3) is 2.06. The lowest BCUT2D eigenvalue weighted by molar-refractivity contribution is 0.238. The maximum Gasteiger partial charge on any atom is 0.235 e. The summed E-state index contributed by atoms with van der Waals surface area (Å²) in [6, 6.07) is 8.03. The topological polar surface area (TPSA) is 38.7 Å². The predicted octanol–water partition coefficient (Wildman–Crippen LogP) is 2.90. The Morgan fingerprint density at radius 3 is 2.44 bits per heavy atom. The van der Waals surface area contributed by atoms with Crippen LogP contribution in [0.1, 0.15) is 24.8 Å². The normalized spacial score (nSPS) is 21.3. The van der Waals surface area contributed by atoms with Crippen molar-refractivity contribution in [2.24, 2.45) is 4.99 Å². The molecule has 1 aliphatic carbocycles. The summed E-state index contributed by atoms with van der Waals surface area (Å²) < 4.78 is 5.80. The number of carbonyl (C=O) groups excluding carboxylic acids is 1. The van der Waals surface area contributed by atoms with E-state index in [4.69, 9.17) is 4.74 Å². The van der Waals surface area contributed by atoms with Crippen molar-refractivity contribution in [3.05, 3.63) is 29.8 Å². The molecule has 1 saturated heterocycles. The van der Waals surface area contributed by atoms with E-state index >= 15 is 0 Å². The Morgan fingerprint density at radius 2 is 2.00 bits per heavy atom. The van der Waals surface area contributed by atoms with E-state index in [-0.39, 0.29) is 5.54 Å². The quantitative estimate of drug-likeness (QED) is 0.618. The Balaban J connectivity index is 1.75.